The second-order valence-electron chi connectivity index (χ2n) is 6.71. The van der Waals surface area contributed by atoms with E-state index in [1.807, 2.05) is 0 Å². The van der Waals surface area contributed by atoms with Crippen molar-refractivity contribution in [1.82, 2.24) is 0 Å². The molecule has 1 rings (SSSR count). The Bertz CT molecular complexity index is 499. The second kappa shape index (κ2) is 7.02. The highest BCUT2D eigenvalue weighted by molar-refractivity contribution is 7.27. The molecule has 0 bridgehead atoms. The van der Waals surface area contributed by atoms with Gasteiger partial charge in [0.2, 0.25) is 0 Å². The van der Waals surface area contributed by atoms with E-state index in [1.165, 1.54) is 16.3 Å². The van der Waals surface area contributed by atoms with Gasteiger partial charge < -0.3 is 4.74 Å². The van der Waals surface area contributed by atoms with Crippen LogP contribution in [-0.4, -0.2) is 14.0 Å². The minimum atomic E-state index is -2.00. The number of rotatable bonds is 6. The number of benzene rings is 1. The van der Waals surface area contributed by atoms with Gasteiger partial charge in [-0.1, -0.05) is 65.0 Å². The predicted molar refractivity (Wildman–Crippen MR) is 97.8 cm³/mol. The van der Waals surface area contributed by atoms with Gasteiger partial charge in [-0.2, -0.15) is 11.1 Å². The molecule has 0 fully saturated rings. The molecule has 0 amide bonds. The van der Waals surface area contributed by atoms with Crippen molar-refractivity contribution >= 4 is 23.6 Å². The minimum Gasteiger partial charge on any atom is -0.489 e. The quantitative estimate of drug-likeness (QED) is 0.392. The highest BCUT2D eigenvalue weighted by atomic mass is 35.6. The summed E-state index contributed by atoms with van der Waals surface area (Å²) in [5.74, 6) is 0.998. The Labute approximate surface area is 136 Å². The van der Waals surface area contributed by atoms with Crippen molar-refractivity contribution < 1.29 is 4.74 Å². The molecule has 0 aromatic heterocycles. The molecular weight excluding hydrogens is 296 g/mol. The van der Waals surface area contributed by atoms with E-state index < -0.39 is 7.38 Å². The SMILES string of the molecule is C=CCOc1c(C(C)(C)C)cc(C)cc1[Si](Cl)(CC)CC. The highest BCUT2D eigenvalue weighted by Gasteiger charge is 2.35. The predicted octanol–water partition coefficient (Wildman–Crippen LogP) is 5.29. The van der Waals surface area contributed by atoms with Gasteiger partial charge in [0.1, 0.15) is 12.4 Å². The maximum atomic E-state index is 7.04. The van der Waals surface area contributed by atoms with Gasteiger partial charge in [0, 0.05) is 0 Å². The van der Waals surface area contributed by atoms with Crippen LogP contribution in [0.3, 0.4) is 0 Å². The number of hydrogen-bond donors (Lipinski definition) is 0. The first-order valence-corrected chi connectivity index (χ1v) is 11.2. The summed E-state index contributed by atoms with van der Waals surface area (Å²) in [4.78, 5) is 0. The van der Waals surface area contributed by atoms with Crippen molar-refractivity contribution in [3.63, 3.8) is 0 Å². The number of ether oxygens (including phenoxy) is 1. The monoisotopic (exact) mass is 324 g/mol. The number of halogens is 1. The molecule has 0 N–H and O–H groups in total. The Kier molecular flexibility index (Phi) is 6.12. The van der Waals surface area contributed by atoms with Crippen LogP contribution in [-0.2, 0) is 5.41 Å². The fraction of sp³-hybridized carbons (Fsp3) is 0.556. The fourth-order valence-corrected chi connectivity index (χ4v) is 5.37. The Balaban J connectivity index is 3.61. The lowest BCUT2D eigenvalue weighted by atomic mass is 9.85. The first kappa shape index (κ1) is 18.3. The van der Waals surface area contributed by atoms with Crippen LogP contribution in [0.15, 0.2) is 24.8 Å². The lowest BCUT2D eigenvalue weighted by Crippen LogP contribution is -2.43. The Morgan fingerprint density at radius 3 is 2.24 bits per heavy atom. The van der Waals surface area contributed by atoms with Gasteiger partial charge in [0.05, 0.1) is 0 Å². The molecule has 0 unspecified atom stereocenters. The summed E-state index contributed by atoms with van der Waals surface area (Å²) in [5, 5.41) is 1.25. The second-order valence-corrected chi connectivity index (χ2v) is 12.8. The molecule has 1 aromatic rings. The third-order valence-electron chi connectivity index (χ3n) is 3.99. The first-order valence-electron chi connectivity index (χ1n) is 7.77. The van der Waals surface area contributed by atoms with Crippen LogP contribution in [0, 0.1) is 6.92 Å². The maximum Gasteiger partial charge on any atom is 0.190 e. The van der Waals surface area contributed by atoms with Crippen molar-refractivity contribution in [3.05, 3.63) is 35.9 Å². The molecule has 0 aliphatic carbocycles. The van der Waals surface area contributed by atoms with E-state index in [1.54, 1.807) is 6.08 Å². The molecule has 21 heavy (non-hydrogen) atoms. The van der Waals surface area contributed by atoms with E-state index in [0.29, 0.717) is 6.61 Å². The van der Waals surface area contributed by atoms with E-state index in [2.05, 4.69) is 60.3 Å². The Morgan fingerprint density at radius 1 is 1.24 bits per heavy atom. The molecular formula is C18H29ClOSi. The number of hydrogen-bond acceptors (Lipinski definition) is 1. The van der Waals surface area contributed by atoms with E-state index in [0.717, 1.165) is 17.8 Å². The van der Waals surface area contributed by atoms with Gasteiger partial charge >= 0.3 is 0 Å². The van der Waals surface area contributed by atoms with E-state index in [9.17, 15) is 0 Å². The summed E-state index contributed by atoms with van der Waals surface area (Å²) in [7, 11) is -2.00. The Hall–Kier alpha value is -0.733. The first-order chi connectivity index (χ1) is 9.69. The van der Waals surface area contributed by atoms with Gasteiger partial charge in [-0.05, 0) is 35.2 Å². The summed E-state index contributed by atoms with van der Waals surface area (Å²) >= 11 is 7.04. The zero-order valence-corrected chi connectivity index (χ0v) is 16.1. The highest BCUT2D eigenvalue weighted by Crippen LogP contribution is 2.35. The third-order valence-corrected chi connectivity index (χ3v) is 9.78. The van der Waals surface area contributed by atoms with Gasteiger partial charge in [-0.25, -0.2) is 0 Å². The topological polar surface area (TPSA) is 9.23 Å². The summed E-state index contributed by atoms with van der Waals surface area (Å²) in [5.41, 5.74) is 2.55. The molecule has 0 saturated heterocycles. The van der Waals surface area contributed by atoms with Crippen molar-refractivity contribution in [3.8, 4) is 5.75 Å². The molecule has 0 saturated carbocycles. The van der Waals surface area contributed by atoms with Gasteiger partial charge in [0.25, 0.3) is 0 Å². The van der Waals surface area contributed by atoms with Gasteiger partial charge in [-0.3, -0.25) is 0 Å². The zero-order valence-electron chi connectivity index (χ0n) is 14.3. The minimum absolute atomic E-state index is 0.0327. The van der Waals surface area contributed by atoms with E-state index in [4.69, 9.17) is 15.8 Å². The lowest BCUT2D eigenvalue weighted by molar-refractivity contribution is 0.354. The Morgan fingerprint density at radius 2 is 1.81 bits per heavy atom. The molecule has 1 nitrogen and oxygen atoms in total. The summed E-state index contributed by atoms with van der Waals surface area (Å²) in [6, 6.07) is 6.50. The average Bonchev–Trinajstić information content (AvgIpc) is 2.43. The van der Waals surface area contributed by atoms with Gasteiger partial charge in [-0.15, -0.1) is 0 Å². The van der Waals surface area contributed by atoms with Crippen LogP contribution < -0.4 is 9.92 Å². The molecule has 0 aliphatic heterocycles. The third kappa shape index (κ3) is 4.14. The van der Waals surface area contributed by atoms with Crippen LogP contribution in [0.25, 0.3) is 0 Å². The molecule has 118 valence electrons. The lowest BCUT2D eigenvalue weighted by Gasteiger charge is -2.30. The summed E-state index contributed by atoms with van der Waals surface area (Å²) < 4.78 is 6.08. The van der Waals surface area contributed by atoms with Crippen LogP contribution in [0.4, 0.5) is 0 Å². The van der Waals surface area contributed by atoms with Crippen LogP contribution in [0.2, 0.25) is 12.1 Å². The van der Waals surface area contributed by atoms with Crippen molar-refractivity contribution in [2.24, 2.45) is 0 Å². The molecule has 0 aliphatic rings. The van der Waals surface area contributed by atoms with Crippen LogP contribution in [0.5, 0.6) is 5.75 Å². The summed E-state index contributed by atoms with van der Waals surface area (Å²) in [6.45, 7) is 17.5. The van der Waals surface area contributed by atoms with Crippen LogP contribution >= 0.6 is 11.1 Å². The van der Waals surface area contributed by atoms with Crippen molar-refractivity contribution in [2.75, 3.05) is 6.61 Å². The van der Waals surface area contributed by atoms with E-state index in [-0.39, 0.29) is 5.41 Å². The fourth-order valence-electron chi connectivity index (χ4n) is 2.59. The number of aryl methyl sites for hydroxylation is 1. The summed E-state index contributed by atoms with van der Waals surface area (Å²) in [6.07, 6.45) is 1.80. The molecule has 0 spiro atoms. The largest absolute Gasteiger partial charge is 0.489 e. The van der Waals surface area contributed by atoms with E-state index >= 15 is 0 Å². The maximum absolute atomic E-state index is 7.04. The smallest absolute Gasteiger partial charge is 0.190 e. The molecule has 0 heterocycles. The molecule has 0 atom stereocenters. The van der Waals surface area contributed by atoms with Crippen LogP contribution in [0.1, 0.15) is 45.7 Å². The zero-order chi connectivity index (χ0) is 16.3. The molecule has 0 radical (unpaired) electrons. The average molecular weight is 325 g/mol. The van der Waals surface area contributed by atoms with Crippen molar-refractivity contribution in [1.29, 1.82) is 0 Å². The van der Waals surface area contributed by atoms with Crippen molar-refractivity contribution in [2.45, 2.75) is 59.0 Å². The molecule has 3 heteroatoms. The molecule has 1 aromatic carbocycles. The normalized spacial score (nSPS) is 12.3. The van der Waals surface area contributed by atoms with Gasteiger partial charge in [0.15, 0.2) is 7.38 Å². The standard InChI is InChI=1S/C18H29ClOSi/c1-8-11-20-17-15(18(5,6)7)12-14(4)13-16(17)21(19,9-2)10-3/h8,12-13H,1,9-11H2,2-7H3.